The van der Waals surface area contributed by atoms with Crippen LogP contribution >= 0.6 is 0 Å². The molecule has 1 amide bonds. The Morgan fingerprint density at radius 3 is 2.23 bits per heavy atom. The number of carbonyl (C=O) groups excluding carboxylic acids is 3. The van der Waals surface area contributed by atoms with Gasteiger partial charge in [0.2, 0.25) is 0 Å². The van der Waals surface area contributed by atoms with Gasteiger partial charge in [0.25, 0.3) is 5.91 Å². The zero-order chi connectivity index (χ0) is 22.4. The molecular formula is C23H33NO6. The molecule has 7 nitrogen and oxygen atoms in total. The molecule has 0 radical (unpaired) electrons. The van der Waals surface area contributed by atoms with Gasteiger partial charge in [0, 0.05) is 13.1 Å². The number of benzene rings is 1. The van der Waals surface area contributed by atoms with Crippen molar-refractivity contribution in [3.63, 3.8) is 0 Å². The van der Waals surface area contributed by atoms with E-state index in [-0.39, 0.29) is 40.9 Å². The quantitative estimate of drug-likeness (QED) is 0.679. The summed E-state index contributed by atoms with van der Waals surface area (Å²) in [6.45, 7) is 10.5. The third kappa shape index (κ3) is 5.74. The second-order valence-electron chi connectivity index (χ2n) is 8.30. The molecule has 0 saturated carbocycles. The van der Waals surface area contributed by atoms with Crippen molar-refractivity contribution >= 4 is 17.8 Å². The topological polar surface area (TPSA) is 93.1 Å². The maximum Gasteiger partial charge on any atom is 0.342 e. The molecule has 7 heteroatoms. The van der Waals surface area contributed by atoms with Crippen LogP contribution in [0.3, 0.4) is 0 Å². The standard InChI is InChI=1S/C23H33NO6/c1-6-29-22(27)16-7-9-24(10-8-16)20(25)13-30-23(28)19-12-17(14(2)3)11-18(15(4)5)21(19)26/h11-12,14-16,26H,6-10,13H2,1-5H3. The smallest absolute Gasteiger partial charge is 0.342 e. The number of phenolic OH excluding ortho intramolecular Hbond substituents is 1. The monoisotopic (exact) mass is 419 g/mol. The largest absolute Gasteiger partial charge is 0.507 e. The predicted molar refractivity (Wildman–Crippen MR) is 113 cm³/mol. The molecule has 30 heavy (non-hydrogen) atoms. The maximum atomic E-state index is 12.6. The number of carbonyl (C=O) groups is 3. The van der Waals surface area contributed by atoms with Crippen LogP contribution in [0.1, 0.15) is 80.8 Å². The Kier molecular flexibility index (Phi) is 8.26. The molecular weight excluding hydrogens is 386 g/mol. The average molecular weight is 420 g/mol. The molecule has 1 aromatic rings. The zero-order valence-corrected chi connectivity index (χ0v) is 18.6. The third-order valence-electron chi connectivity index (χ3n) is 5.46. The molecule has 1 heterocycles. The van der Waals surface area contributed by atoms with Gasteiger partial charge in [0.1, 0.15) is 11.3 Å². The highest BCUT2D eigenvalue weighted by Crippen LogP contribution is 2.33. The first-order valence-electron chi connectivity index (χ1n) is 10.6. The number of amides is 1. The number of hydrogen-bond donors (Lipinski definition) is 1. The summed E-state index contributed by atoms with van der Waals surface area (Å²) in [5.74, 6) is -1.32. The SMILES string of the molecule is CCOC(=O)C1CCN(C(=O)COC(=O)c2cc(C(C)C)cc(C(C)C)c2O)CC1. The number of nitrogens with zero attached hydrogens (tertiary/aromatic N) is 1. The first kappa shape index (κ1) is 23.7. The minimum Gasteiger partial charge on any atom is -0.507 e. The lowest BCUT2D eigenvalue weighted by molar-refractivity contribution is -0.151. The number of esters is 2. The fraction of sp³-hybridized carbons (Fsp3) is 0.609. The number of aromatic hydroxyl groups is 1. The van der Waals surface area contributed by atoms with Crippen molar-refractivity contribution < 1.29 is 29.0 Å². The Morgan fingerprint density at radius 2 is 1.70 bits per heavy atom. The Morgan fingerprint density at radius 1 is 1.07 bits per heavy atom. The highest BCUT2D eigenvalue weighted by molar-refractivity contribution is 5.94. The van der Waals surface area contributed by atoms with Crippen LogP contribution < -0.4 is 0 Å². The molecule has 0 bridgehead atoms. The molecule has 1 aromatic carbocycles. The molecule has 2 rings (SSSR count). The van der Waals surface area contributed by atoms with Crippen molar-refractivity contribution in [1.82, 2.24) is 4.90 Å². The normalized spacial score (nSPS) is 14.8. The van der Waals surface area contributed by atoms with Gasteiger partial charge in [0.05, 0.1) is 12.5 Å². The van der Waals surface area contributed by atoms with E-state index < -0.39 is 12.6 Å². The summed E-state index contributed by atoms with van der Waals surface area (Å²) in [5.41, 5.74) is 1.69. The van der Waals surface area contributed by atoms with E-state index in [2.05, 4.69) is 0 Å². The fourth-order valence-electron chi connectivity index (χ4n) is 3.53. The number of hydrogen-bond acceptors (Lipinski definition) is 6. The molecule has 1 aliphatic heterocycles. The van der Waals surface area contributed by atoms with Crippen molar-refractivity contribution in [1.29, 1.82) is 0 Å². The predicted octanol–water partition coefficient (Wildman–Crippen LogP) is 3.60. The summed E-state index contributed by atoms with van der Waals surface area (Å²) in [6.07, 6.45) is 1.07. The van der Waals surface area contributed by atoms with Gasteiger partial charge in [-0.15, -0.1) is 0 Å². The van der Waals surface area contributed by atoms with Gasteiger partial charge in [-0.25, -0.2) is 4.79 Å². The third-order valence-corrected chi connectivity index (χ3v) is 5.46. The number of ether oxygens (including phenoxy) is 2. The van der Waals surface area contributed by atoms with Crippen LogP contribution in [0, 0.1) is 5.92 Å². The van der Waals surface area contributed by atoms with Gasteiger partial charge in [-0.1, -0.05) is 33.8 Å². The second-order valence-corrected chi connectivity index (χ2v) is 8.30. The van der Waals surface area contributed by atoms with E-state index in [0.717, 1.165) is 5.56 Å². The lowest BCUT2D eigenvalue weighted by atomic mass is 9.92. The molecule has 1 saturated heterocycles. The van der Waals surface area contributed by atoms with Crippen LogP contribution in [-0.4, -0.2) is 54.2 Å². The Balaban J connectivity index is 1.99. The Labute approximate surface area is 178 Å². The lowest BCUT2D eigenvalue weighted by Crippen LogP contribution is -2.42. The van der Waals surface area contributed by atoms with Crippen LogP contribution in [-0.2, 0) is 19.1 Å². The van der Waals surface area contributed by atoms with E-state index in [4.69, 9.17) is 9.47 Å². The minimum atomic E-state index is -0.716. The van der Waals surface area contributed by atoms with E-state index in [1.165, 1.54) is 0 Å². The molecule has 1 N–H and O–H groups in total. The molecule has 1 aliphatic rings. The Hall–Kier alpha value is -2.57. The van der Waals surface area contributed by atoms with Crippen molar-refractivity contribution in [2.45, 2.75) is 59.3 Å². The summed E-state index contributed by atoms with van der Waals surface area (Å²) in [7, 11) is 0. The van der Waals surface area contributed by atoms with E-state index in [9.17, 15) is 19.5 Å². The summed E-state index contributed by atoms with van der Waals surface area (Å²) >= 11 is 0. The lowest BCUT2D eigenvalue weighted by Gasteiger charge is -2.30. The molecule has 0 aromatic heterocycles. The Bertz CT molecular complexity index is 778. The number of piperidine rings is 1. The molecule has 0 unspecified atom stereocenters. The molecule has 0 spiro atoms. The maximum absolute atomic E-state index is 12.6. The van der Waals surface area contributed by atoms with Crippen LogP contribution in [0.25, 0.3) is 0 Å². The van der Waals surface area contributed by atoms with E-state index >= 15 is 0 Å². The zero-order valence-electron chi connectivity index (χ0n) is 18.6. The summed E-state index contributed by atoms with van der Waals surface area (Å²) < 4.78 is 10.3. The van der Waals surface area contributed by atoms with Gasteiger partial charge in [0.15, 0.2) is 6.61 Å². The average Bonchev–Trinajstić information content (AvgIpc) is 2.71. The second kappa shape index (κ2) is 10.5. The number of likely N-dealkylation sites (tertiary alicyclic amines) is 1. The van der Waals surface area contributed by atoms with Gasteiger partial charge >= 0.3 is 11.9 Å². The van der Waals surface area contributed by atoms with Crippen LogP contribution in [0.4, 0.5) is 0 Å². The summed E-state index contributed by atoms with van der Waals surface area (Å²) in [6, 6.07) is 3.53. The van der Waals surface area contributed by atoms with Gasteiger partial charge in [-0.3, -0.25) is 9.59 Å². The van der Waals surface area contributed by atoms with Crippen molar-refractivity contribution in [3.8, 4) is 5.75 Å². The van der Waals surface area contributed by atoms with Gasteiger partial charge < -0.3 is 19.5 Å². The van der Waals surface area contributed by atoms with Crippen LogP contribution in [0.2, 0.25) is 0 Å². The molecule has 166 valence electrons. The first-order valence-corrected chi connectivity index (χ1v) is 10.6. The molecule has 0 atom stereocenters. The number of phenols is 1. The van der Waals surface area contributed by atoms with E-state index in [0.29, 0.717) is 38.1 Å². The first-order chi connectivity index (χ1) is 14.1. The van der Waals surface area contributed by atoms with Gasteiger partial charge in [-0.05, 0) is 48.8 Å². The summed E-state index contributed by atoms with van der Waals surface area (Å²) in [5, 5.41) is 10.5. The molecule has 0 aliphatic carbocycles. The molecule has 1 fully saturated rings. The highest BCUT2D eigenvalue weighted by atomic mass is 16.5. The van der Waals surface area contributed by atoms with Crippen molar-refractivity contribution in [2.75, 3.05) is 26.3 Å². The minimum absolute atomic E-state index is 0.0394. The highest BCUT2D eigenvalue weighted by Gasteiger charge is 2.29. The van der Waals surface area contributed by atoms with Crippen molar-refractivity contribution in [3.05, 3.63) is 28.8 Å². The van der Waals surface area contributed by atoms with E-state index in [1.54, 1.807) is 17.9 Å². The fourth-order valence-corrected chi connectivity index (χ4v) is 3.53. The van der Waals surface area contributed by atoms with Crippen LogP contribution in [0.15, 0.2) is 12.1 Å². The van der Waals surface area contributed by atoms with Gasteiger partial charge in [-0.2, -0.15) is 0 Å². The summed E-state index contributed by atoms with van der Waals surface area (Å²) in [4.78, 5) is 38.4. The number of rotatable bonds is 7. The van der Waals surface area contributed by atoms with Crippen LogP contribution in [0.5, 0.6) is 5.75 Å². The van der Waals surface area contributed by atoms with E-state index in [1.807, 2.05) is 33.8 Å². The van der Waals surface area contributed by atoms with Crippen molar-refractivity contribution in [2.24, 2.45) is 5.92 Å².